The Morgan fingerprint density at radius 1 is 1.38 bits per heavy atom. The van der Waals surface area contributed by atoms with Crippen molar-refractivity contribution in [3.8, 4) is 0 Å². The van der Waals surface area contributed by atoms with Gasteiger partial charge in [0.2, 0.25) is 0 Å². The minimum Gasteiger partial charge on any atom is -0.317 e. The predicted molar refractivity (Wildman–Crippen MR) is 72.4 cm³/mol. The summed E-state index contributed by atoms with van der Waals surface area (Å²) in [6, 6.07) is 4.32. The number of hydrogen-bond donors (Lipinski definition) is 0. The Bertz CT molecular complexity index is 429. The van der Waals surface area contributed by atoms with Crippen LogP contribution in [-0.4, -0.2) is 11.9 Å². The molecule has 1 aliphatic heterocycles. The molecule has 0 spiro atoms. The molecule has 0 aromatic carbocycles. The van der Waals surface area contributed by atoms with Crippen LogP contribution in [0.3, 0.4) is 0 Å². The normalized spacial score (nSPS) is 20.4. The highest BCUT2D eigenvalue weighted by Crippen LogP contribution is 2.29. The van der Waals surface area contributed by atoms with Gasteiger partial charge in [-0.05, 0) is 38.0 Å². The molecule has 1 aliphatic rings. The molecule has 1 atom stereocenters. The van der Waals surface area contributed by atoms with Crippen molar-refractivity contribution < 1.29 is 0 Å². The van der Waals surface area contributed by atoms with Crippen LogP contribution in [0.1, 0.15) is 25.6 Å². The lowest BCUT2D eigenvalue weighted by atomic mass is 10.1. The van der Waals surface area contributed by atoms with Crippen LogP contribution in [0.2, 0.25) is 0 Å². The topological polar surface area (TPSA) is 15.6 Å². The Labute approximate surface area is 101 Å². The van der Waals surface area contributed by atoms with Crippen molar-refractivity contribution in [3.05, 3.63) is 29.3 Å². The van der Waals surface area contributed by atoms with E-state index in [9.17, 15) is 0 Å². The highest BCUT2D eigenvalue weighted by molar-refractivity contribution is 7.16. The van der Waals surface area contributed by atoms with E-state index in [-0.39, 0.29) is 6.17 Å². The molecule has 0 radical (unpaired) electrons. The molecular formula is C13H18N2S. The third-order valence-corrected chi connectivity index (χ3v) is 3.73. The van der Waals surface area contributed by atoms with Gasteiger partial charge in [-0.1, -0.05) is 13.8 Å². The van der Waals surface area contributed by atoms with E-state index in [2.05, 4.69) is 57.0 Å². The summed E-state index contributed by atoms with van der Waals surface area (Å²) in [4.78, 5) is 8.28. The standard InChI is InChI=1S/C13H18N2S/c1-9(2)12-7-8-15(11(4)14-12)13-6-5-10(3)16-13/h5-9,11H,1-4H3. The van der Waals surface area contributed by atoms with Gasteiger partial charge in [0, 0.05) is 16.8 Å². The summed E-state index contributed by atoms with van der Waals surface area (Å²) >= 11 is 1.81. The number of nitrogens with zero attached hydrogens (tertiary/aromatic N) is 2. The molecule has 2 heterocycles. The van der Waals surface area contributed by atoms with E-state index in [4.69, 9.17) is 4.99 Å². The third kappa shape index (κ3) is 2.19. The molecule has 0 amide bonds. The molecule has 0 fully saturated rings. The van der Waals surface area contributed by atoms with Crippen LogP contribution in [0.5, 0.6) is 0 Å². The quantitative estimate of drug-likeness (QED) is 0.759. The van der Waals surface area contributed by atoms with E-state index in [0.29, 0.717) is 5.92 Å². The van der Waals surface area contributed by atoms with Gasteiger partial charge in [0.25, 0.3) is 0 Å². The second-order valence-electron chi connectivity index (χ2n) is 4.45. The van der Waals surface area contributed by atoms with Crippen LogP contribution < -0.4 is 4.90 Å². The van der Waals surface area contributed by atoms with Crippen molar-refractivity contribution in [1.29, 1.82) is 0 Å². The van der Waals surface area contributed by atoms with Gasteiger partial charge in [0.05, 0.1) is 5.00 Å². The van der Waals surface area contributed by atoms with Crippen molar-refractivity contribution in [3.63, 3.8) is 0 Å². The van der Waals surface area contributed by atoms with Crippen LogP contribution >= 0.6 is 11.3 Å². The maximum atomic E-state index is 4.71. The molecule has 0 bridgehead atoms. The lowest BCUT2D eigenvalue weighted by Crippen LogP contribution is -2.30. The zero-order valence-electron chi connectivity index (χ0n) is 10.3. The van der Waals surface area contributed by atoms with Crippen molar-refractivity contribution in [1.82, 2.24) is 0 Å². The molecule has 0 N–H and O–H groups in total. The first-order valence-corrected chi connectivity index (χ1v) is 6.50. The molecule has 86 valence electrons. The van der Waals surface area contributed by atoms with Crippen molar-refractivity contribution in [2.45, 2.75) is 33.9 Å². The molecule has 0 saturated carbocycles. The number of anilines is 1. The summed E-state index contributed by atoms with van der Waals surface area (Å²) in [7, 11) is 0. The fraction of sp³-hybridized carbons (Fsp3) is 0.462. The molecule has 16 heavy (non-hydrogen) atoms. The van der Waals surface area contributed by atoms with E-state index < -0.39 is 0 Å². The highest BCUT2D eigenvalue weighted by Gasteiger charge is 2.17. The monoisotopic (exact) mass is 234 g/mol. The van der Waals surface area contributed by atoms with Crippen LogP contribution in [-0.2, 0) is 0 Å². The maximum Gasteiger partial charge on any atom is 0.123 e. The molecular weight excluding hydrogens is 216 g/mol. The number of hydrogen-bond acceptors (Lipinski definition) is 3. The van der Waals surface area contributed by atoms with Crippen LogP contribution in [0.4, 0.5) is 5.00 Å². The van der Waals surface area contributed by atoms with Gasteiger partial charge in [-0.2, -0.15) is 0 Å². The Balaban J connectivity index is 2.20. The van der Waals surface area contributed by atoms with E-state index in [1.807, 2.05) is 11.3 Å². The number of aryl methyl sites for hydroxylation is 1. The number of rotatable bonds is 2. The summed E-state index contributed by atoms with van der Waals surface area (Å²) in [5, 5.41) is 1.27. The smallest absolute Gasteiger partial charge is 0.123 e. The van der Waals surface area contributed by atoms with E-state index >= 15 is 0 Å². The van der Waals surface area contributed by atoms with Gasteiger partial charge in [-0.25, -0.2) is 0 Å². The minimum absolute atomic E-state index is 0.209. The van der Waals surface area contributed by atoms with E-state index in [1.165, 1.54) is 15.6 Å². The SMILES string of the molecule is Cc1ccc(N2C=CC(C(C)C)=NC2C)s1. The first-order valence-electron chi connectivity index (χ1n) is 5.68. The summed E-state index contributed by atoms with van der Waals surface area (Å²) in [6.45, 7) is 8.64. The first-order chi connectivity index (χ1) is 7.58. The first kappa shape index (κ1) is 11.4. The largest absolute Gasteiger partial charge is 0.317 e. The van der Waals surface area contributed by atoms with Gasteiger partial charge in [-0.3, -0.25) is 4.99 Å². The van der Waals surface area contributed by atoms with Gasteiger partial charge >= 0.3 is 0 Å². The highest BCUT2D eigenvalue weighted by atomic mass is 32.1. The molecule has 2 rings (SSSR count). The Morgan fingerprint density at radius 3 is 2.62 bits per heavy atom. The van der Waals surface area contributed by atoms with E-state index in [0.717, 1.165) is 0 Å². The second kappa shape index (κ2) is 4.42. The maximum absolute atomic E-state index is 4.71. The van der Waals surface area contributed by atoms with Crippen LogP contribution in [0, 0.1) is 12.8 Å². The fourth-order valence-electron chi connectivity index (χ4n) is 1.76. The Morgan fingerprint density at radius 2 is 2.12 bits per heavy atom. The Kier molecular flexibility index (Phi) is 3.15. The van der Waals surface area contributed by atoms with Gasteiger partial charge in [0.1, 0.15) is 6.17 Å². The number of aliphatic imine (C=N–C) groups is 1. The number of allylic oxidation sites excluding steroid dienone is 1. The lowest BCUT2D eigenvalue weighted by Gasteiger charge is -2.28. The van der Waals surface area contributed by atoms with Gasteiger partial charge in [-0.15, -0.1) is 11.3 Å². The lowest BCUT2D eigenvalue weighted by molar-refractivity contribution is 0.727. The molecule has 1 aromatic rings. The van der Waals surface area contributed by atoms with Crippen LogP contribution in [0.25, 0.3) is 0 Å². The fourth-order valence-corrected chi connectivity index (χ4v) is 2.68. The molecule has 0 saturated heterocycles. The average Bonchev–Trinajstić information content (AvgIpc) is 2.64. The predicted octanol–water partition coefficient (Wildman–Crippen LogP) is 3.83. The summed E-state index contributed by atoms with van der Waals surface area (Å²) in [5.41, 5.74) is 1.19. The number of thiophene rings is 1. The van der Waals surface area contributed by atoms with Gasteiger partial charge < -0.3 is 4.90 Å². The third-order valence-electron chi connectivity index (χ3n) is 2.72. The zero-order chi connectivity index (χ0) is 11.7. The zero-order valence-corrected chi connectivity index (χ0v) is 11.1. The van der Waals surface area contributed by atoms with Crippen molar-refractivity contribution in [2.24, 2.45) is 10.9 Å². The average molecular weight is 234 g/mol. The summed E-state index contributed by atoms with van der Waals surface area (Å²) in [6.07, 6.45) is 4.48. The van der Waals surface area contributed by atoms with Crippen molar-refractivity contribution in [2.75, 3.05) is 4.90 Å². The molecule has 1 aromatic heterocycles. The Hall–Kier alpha value is -1.09. The minimum atomic E-state index is 0.209. The molecule has 0 aliphatic carbocycles. The summed E-state index contributed by atoms with van der Waals surface area (Å²) < 4.78 is 0. The van der Waals surface area contributed by atoms with Crippen molar-refractivity contribution >= 4 is 22.0 Å². The molecule has 1 unspecified atom stereocenters. The second-order valence-corrected chi connectivity index (χ2v) is 5.71. The van der Waals surface area contributed by atoms with Crippen LogP contribution in [0.15, 0.2) is 29.4 Å². The van der Waals surface area contributed by atoms with E-state index in [1.54, 1.807) is 0 Å². The van der Waals surface area contributed by atoms with Gasteiger partial charge in [0.15, 0.2) is 0 Å². The summed E-state index contributed by atoms with van der Waals surface area (Å²) in [5.74, 6) is 0.505. The molecule has 2 nitrogen and oxygen atoms in total. The molecule has 3 heteroatoms.